The topological polar surface area (TPSA) is 34.9 Å². The van der Waals surface area contributed by atoms with Crippen molar-refractivity contribution in [3.05, 3.63) is 47.8 Å². The van der Waals surface area contributed by atoms with Gasteiger partial charge in [0, 0.05) is 18.1 Å². The van der Waals surface area contributed by atoms with Crippen LogP contribution in [0.25, 0.3) is 0 Å². The Morgan fingerprint density at radius 1 is 1.35 bits per heavy atom. The molecule has 1 aromatic heterocycles. The molecule has 0 saturated carbocycles. The van der Waals surface area contributed by atoms with Gasteiger partial charge in [0.1, 0.15) is 5.69 Å². The quantitative estimate of drug-likeness (QED) is 0.614. The lowest BCUT2D eigenvalue weighted by molar-refractivity contribution is 0.101. The zero-order chi connectivity index (χ0) is 12.3. The van der Waals surface area contributed by atoms with E-state index in [4.69, 9.17) is 0 Å². The summed E-state index contributed by atoms with van der Waals surface area (Å²) in [5, 5.41) is 4.10. The van der Waals surface area contributed by atoms with Gasteiger partial charge in [-0.25, -0.2) is 0 Å². The molecule has 88 valence electrons. The van der Waals surface area contributed by atoms with Gasteiger partial charge in [-0.1, -0.05) is 18.2 Å². The summed E-state index contributed by atoms with van der Waals surface area (Å²) >= 11 is 1.56. The van der Waals surface area contributed by atoms with Crippen LogP contribution in [0.2, 0.25) is 0 Å². The first kappa shape index (κ1) is 11.9. The molecule has 2 aromatic rings. The van der Waals surface area contributed by atoms with E-state index in [1.807, 2.05) is 38.2 Å². The third kappa shape index (κ3) is 2.97. The normalized spacial score (nSPS) is 10.5. The minimum absolute atomic E-state index is 0.0684. The van der Waals surface area contributed by atoms with Crippen LogP contribution >= 0.6 is 11.8 Å². The van der Waals surface area contributed by atoms with Crippen LogP contribution in [0.5, 0.6) is 0 Å². The van der Waals surface area contributed by atoms with Gasteiger partial charge >= 0.3 is 0 Å². The number of hydrogen-bond acceptors (Lipinski definition) is 3. The molecule has 3 nitrogen and oxygen atoms in total. The van der Waals surface area contributed by atoms with Crippen LogP contribution in [0.3, 0.4) is 0 Å². The molecule has 4 heteroatoms. The molecule has 0 unspecified atom stereocenters. The highest BCUT2D eigenvalue weighted by molar-refractivity contribution is 8.00. The van der Waals surface area contributed by atoms with E-state index in [0.29, 0.717) is 11.4 Å². The van der Waals surface area contributed by atoms with Gasteiger partial charge in [-0.15, -0.1) is 11.8 Å². The molecular formula is C13H14N2OS. The van der Waals surface area contributed by atoms with E-state index in [2.05, 4.69) is 5.10 Å². The van der Waals surface area contributed by atoms with Crippen molar-refractivity contribution in [1.29, 1.82) is 0 Å². The minimum atomic E-state index is 0.0684. The Morgan fingerprint density at radius 2 is 2.12 bits per heavy atom. The predicted octanol–water partition coefficient (Wildman–Crippen LogP) is 2.70. The Balaban J connectivity index is 1.99. The number of ketones is 1. The Bertz CT molecular complexity index is 534. The molecule has 0 N–H and O–H groups in total. The van der Waals surface area contributed by atoms with Gasteiger partial charge < -0.3 is 0 Å². The summed E-state index contributed by atoms with van der Waals surface area (Å²) in [7, 11) is 1.81. The molecule has 0 aliphatic carbocycles. The first-order chi connectivity index (χ1) is 8.16. The molecule has 0 aliphatic rings. The molecule has 0 spiro atoms. The average Bonchev–Trinajstić information content (AvgIpc) is 2.74. The number of aryl methyl sites for hydroxylation is 2. The van der Waals surface area contributed by atoms with Crippen LogP contribution < -0.4 is 0 Å². The van der Waals surface area contributed by atoms with Gasteiger partial charge in [0.2, 0.25) is 0 Å². The van der Waals surface area contributed by atoms with Crippen LogP contribution in [-0.4, -0.2) is 21.3 Å². The lowest BCUT2D eigenvalue weighted by Crippen LogP contribution is -2.04. The predicted molar refractivity (Wildman–Crippen MR) is 69.4 cm³/mol. The maximum absolute atomic E-state index is 11.8. The highest BCUT2D eigenvalue weighted by Gasteiger charge is 2.09. The van der Waals surface area contributed by atoms with Crippen LogP contribution in [0.15, 0.2) is 41.4 Å². The van der Waals surface area contributed by atoms with Crippen molar-refractivity contribution in [1.82, 2.24) is 9.78 Å². The number of nitrogens with zero attached hydrogens (tertiary/aromatic N) is 2. The molecule has 0 amide bonds. The molecule has 0 atom stereocenters. The number of hydrogen-bond donors (Lipinski definition) is 0. The maximum atomic E-state index is 11.8. The largest absolute Gasteiger partial charge is 0.291 e. The second-order valence-electron chi connectivity index (χ2n) is 3.85. The fourth-order valence-corrected chi connectivity index (χ4v) is 2.40. The SMILES string of the molecule is Cc1ccccc1SCC(=O)c1ccn(C)n1. The molecule has 0 fully saturated rings. The van der Waals surface area contributed by atoms with E-state index >= 15 is 0 Å². The monoisotopic (exact) mass is 246 g/mol. The van der Waals surface area contributed by atoms with Gasteiger partial charge in [-0.05, 0) is 24.6 Å². The van der Waals surface area contributed by atoms with Crippen molar-refractivity contribution < 1.29 is 4.79 Å². The number of Topliss-reactive ketones (excluding diaryl/α,β-unsaturated/α-hetero) is 1. The fraction of sp³-hybridized carbons (Fsp3) is 0.231. The van der Waals surface area contributed by atoms with Crippen molar-refractivity contribution >= 4 is 17.5 Å². The fourth-order valence-electron chi connectivity index (χ4n) is 1.50. The second-order valence-corrected chi connectivity index (χ2v) is 4.87. The highest BCUT2D eigenvalue weighted by Crippen LogP contribution is 2.22. The second kappa shape index (κ2) is 5.19. The Morgan fingerprint density at radius 3 is 2.76 bits per heavy atom. The number of carbonyl (C=O) groups is 1. The first-order valence-electron chi connectivity index (χ1n) is 5.38. The lowest BCUT2D eigenvalue weighted by Gasteiger charge is -2.03. The molecule has 17 heavy (non-hydrogen) atoms. The van der Waals surface area contributed by atoms with E-state index < -0.39 is 0 Å². The summed E-state index contributed by atoms with van der Waals surface area (Å²) in [6.45, 7) is 2.05. The smallest absolute Gasteiger partial charge is 0.193 e. The summed E-state index contributed by atoms with van der Waals surface area (Å²) in [5.41, 5.74) is 1.74. The number of rotatable bonds is 4. The summed E-state index contributed by atoms with van der Waals surface area (Å²) in [6.07, 6.45) is 1.78. The van der Waals surface area contributed by atoms with Crippen LogP contribution in [-0.2, 0) is 7.05 Å². The molecule has 0 radical (unpaired) electrons. The molecule has 1 aromatic carbocycles. The van der Waals surface area contributed by atoms with Gasteiger partial charge in [0.25, 0.3) is 0 Å². The van der Waals surface area contributed by atoms with E-state index in [1.54, 1.807) is 28.7 Å². The molecule has 2 rings (SSSR count). The number of aromatic nitrogens is 2. The van der Waals surface area contributed by atoms with Crippen molar-refractivity contribution in [3.63, 3.8) is 0 Å². The molecule has 1 heterocycles. The molecule has 0 saturated heterocycles. The summed E-state index contributed by atoms with van der Waals surface area (Å²) < 4.78 is 1.64. The number of carbonyl (C=O) groups excluding carboxylic acids is 1. The third-order valence-electron chi connectivity index (χ3n) is 2.45. The van der Waals surface area contributed by atoms with Gasteiger partial charge in [-0.2, -0.15) is 5.10 Å². The molecule has 0 bridgehead atoms. The van der Waals surface area contributed by atoms with Crippen LogP contribution in [0.1, 0.15) is 16.1 Å². The lowest BCUT2D eigenvalue weighted by atomic mass is 10.2. The van der Waals surface area contributed by atoms with Crippen molar-refractivity contribution in [3.8, 4) is 0 Å². The van der Waals surface area contributed by atoms with Crippen molar-refractivity contribution in [2.75, 3.05) is 5.75 Å². The van der Waals surface area contributed by atoms with Crippen LogP contribution in [0, 0.1) is 6.92 Å². The van der Waals surface area contributed by atoms with Crippen molar-refractivity contribution in [2.45, 2.75) is 11.8 Å². The Labute approximate surface area is 105 Å². The van der Waals surface area contributed by atoms with Gasteiger partial charge in [-0.3, -0.25) is 9.48 Å². The average molecular weight is 246 g/mol. The van der Waals surface area contributed by atoms with E-state index in [0.717, 1.165) is 4.90 Å². The first-order valence-corrected chi connectivity index (χ1v) is 6.36. The molecular weight excluding hydrogens is 232 g/mol. The van der Waals surface area contributed by atoms with E-state index in [1.165, 1.54) is 5.56 Å². The molecule has 0 aliphatic heterocycles. The van der Waals surface area contributed by atoms with Crippen molar-refractivity contribution in [2.24, 2.45) is 7.05 Å². The van der Waals surface area contributed by atoms with E-state index in [9.17, 15) is 4.79 Å². The minimum Gasteiger partial charge on any atom is -0.291 e. The Hall–Kier alpha value is -1.55. The standard InChI is InChI=1S/C13H14N2OS/c1-10-5-3-4-6-13(10)17-9-12(16)11-7-8-15(2)14-11/h3-8H,9H2,1-2H3. The number of benzene rings is 1. The summed E-state index contributed by atoms with van der Waals surface area (Å²) in [5.74, 6) is 0.501. The van der Waals surface area contributed by atoms with Gasteiger partial charge in [0.05, 0.1) is 5.75 Å². The third-order valence-corrected chi connectivity index (χ3v) is 3.63. The summed E-state index contributed by atoms with van der Waals surface area (Å²) in [4.78, 5) is 13.0. The Kier molecular flexibility index (Phi) is 3.64. The maximum Gasteiger partial charge on any atom is 0.193 e. The van der Waals surface area contributed by atoms with Crippen LogP contribution in [0.4, 0.5) is 0 Å². The van der Waals surface area contributed by atoms with E-state index in [-0.39, 0.29) is 5.78 Å². The summed E-state index contributed by atoms with van der Waals surface area (Å²) in [6, 6.07) is 9.82. The highest BCUT2D eigenvalue weighted by atomic mass is 32.2. The number of thioether (sulfide) groups is 1. The zero-order valence-corrected chi connectivity index (χ0v) is 10.7. The van der Waals surface area contributed by atoms with Gasteiger partial charge in [0.15, 0.2) is 5.78 Å². The zero-order valence-electron chi connectivity index (χ0n) is 9.88.